The van der Waals surface area contributed by atoms with Gasteiger partial charge in [-0.25, -0.2) is 4.79 Å². The van der Waals surface area contributed by atoms with Crippen molar-refractivity contribution in [2.24, 2.45) is 0 Å². The number of methoxy groups -OCH3 is 1. The van der Waals surface area contributed by atoms with Crippen LogP contribution in [0.5, 0.6) is 0 Å². The van der Waals surface area contributed by atoms with Gasteiger partial charge in [0.05, 0.1) is 7.11 Å². The molecule has 4 heteroatoms. The Hall–Kier alpha value is -1.06. The topological polar surface area (TPSA) is 46.6 Å². The summed E-state index contributed by atoms with van der Waals surface area (Å²) < 4.78 is 4.29. The normalized spacial score (nSPS) is 22.4. The summed E-state index contributed by atoms with van der Waals surface area (Å²) >= 11 is 0. The first-order chi connectivity index (χ1) is 5.16. The van der Waals surface area contributed by atoms with Gasteiger partial charge in [0.1, 0.15) is 0 Å². The molecule has 1 fully saturated rings. The number of esters is 1. The fraction of sp³-hybridized carbons (Fsp3) is 0.714. The predicted molar refractivity (Wildman–Crippen MR) is 37.8 cm³/mol. The molecule has 1 amide bonds. The second-order valence-corrected chi connectivity index (χ2v) is 2.63. The fourth-order valence-corrected chi connectivity index (χ4v) is 1.02. The average Bonchev–Trinajstić information content (AvgIpc) is 2.00. The summed E-state index contributed by atoms with van der Waals surface area (Å²) in [4.78, 5) is 23.2. The highest BCUT2D eigenvalue weighted by Gasteiger charge is 2.32. The van der Waals surface area contributed by atoms with Crippen LogP contribution in [0.3, 0.4) is 0 Å². The molecule has 0 spiro atoms. The SMILES string of the molecule is COC(=O)C(=O)N1CCC1C. The smallest absolute Gasteiger partial charge is 0.396 e. The molecule has 62 valence electrons. The van der Waals surface area contributed by atoms with E-state index in [-0.39, 0.29) is 6.04 Å². The van der Waals surface area contributed by atoms with Gasteiger partial charge in [0, 0.05) is 12.6 Å². The number of carbonyl (C=O) groups excluding carboxylic acids is 2. The van der Waals surface area contributed by atoms with Gasteiger partial charge in [0.15, 0.2) is 0 Å². The van der Waals surface area contributed by atoms with E-state index in [2.05, 4.69) is 4.74 Å². The summed E-state index contributed by atoms with van der Waals surface area (Å²) in [6.07, 6.45) is 0.975. The van der Waals surface area contributed by atoms with Crippen molar-refractivity contribution < 1.29 is 14.3 Å². The zero-order chi connectivity index (χ0) is 8.43. The van der Waals surface area contributed by atoms with E-state index in [9.17, 15) is 9.59 Å². The third-order valence-electron chi connectivity index (χ3n) is 1.94. The third kappa shape index (κ3) is 1.34. The Balaban J connectivity index is 2.48. The number of hydrogen-bond donors (Lipinski definition) is 0. The summed E-state index contributed by atoms with van der Waals surface area (Å²) in [5, 5.41) is 0. The largest absolute Gasteiger partial charge is 0.462 e. The molecular weight excluding hydrogens is 146 g/mol. The molecule has 1 rings (SSSR count). The molecule has 1 unspecified atom stereocenters. The number of carbonyl (C=O) groups is 2. The molecule has 0 N–H and O–H groups in total. The van der Waals surface area contributed by atoms with Crippen LogP contribution >= 0.6 is 0 Å². The molecule has 11 heavy (non-hydrogen) atoms. The molecule has 1 saturated heterocycles. The lowest BCUT2D eigenvalue weighted by Gasteiger charge is -2.37. The molecule has 0 aromatic heterocycles. The minimum absolute atomic E-state index is 0.196. The number of hydrogen-bond acceptors (Lipinski definition) is 3. The number of ether oxygens (including phenoxy) is 1. The number of nitrogens with zero attached hydrogens (tertiary/aromatic N) is 1. The van der Waals surface area contributed by atoms with E-state index in [1.807, 2.05) is 6.92 Å². The molecule has 0 saturated carbocycles. The van der Waals surface area contributed by atoms with Crippen LogP contribution in [0.4, 0.5) is 0 Å². The van der Waals surface area contributed by atoms with E-state index in [1.54, 1.807) is 0 Å². The lowest BCUT2D eigenvalue weighted by molar-refractivity contribution is -0.162. The van der Waals surface area contributed by atoms with Gasteiger partial charge in [0.25, 0.3) is 0 Å². The van der Waals surface area contributed by atoms with E-state index >= 15 is 0 Å². The standard InChI is InChI=1S/C7H11NO3/c1-5-3-4-8(5)6(9)7(10)11-2/h5H,3-4H2,1-2H3. The second-order valence-electron chi connectivity index (χ2n) is 2.63. The van der Waals surface area contributed by atoms with Crippen LogP contribution in [0.25, 0.3) is 0 Å². The maximum atomic E-state index is 11.0. The Morgan fingerprint density at radius 3 is 2.45 bits per heavy atom. The van der Waals surface area contributed by atoms with Crippen molar-refractivity contribution in [2.45, 2.75) is 19.4 Å². The summed E-state index contributed by atoms with van der Waals surface area (Å²) in [5.74, 6) is -1.29. The molecular formula is C7H11NO3. The summed E-state index contributed by atoms with van der Waals surface area (Å²) in [5.41, 5.74) is 0. The first-order valence-corrected chi connectivity index (χ1v) is 3.55. The molecule has 1 aliphatic rings. The highest BCUT2D eigenvalue weighted by atomic mass is 16.5. The number of likely N-dealkylation sites (tertiary alicyclic amines) is 1. The highest BCUT2D eigenvalue weighted by molar-refractivity contribution is 6.32. The van der Waals surface area contributed by atoms with Crippen LogP contribution in [0.1, 0.15) is 13.3 Å². The molecule has 0 bridgehead atoms. The van der Waals surface area contributed by atoms with Crippen molar-refractivity contribution in [3.63, 3.8) is 0 Å². The Morgan fingerprint density at radius 2 is 2.18 bits per heavy atom. The first kappa shape index (κ1) is 8.04. The van der Waals surface area contributed by atoms with Crippen LogP contribution < -0.4 is 0 Å². The Kier molecular flexibility index (Phi) is 2.12. The molecule has 1 heterocycles. The maximum absolute atomic E-state index is 11.0. The van der Waals surface area contributed by atoms with Gasteiger partial charge in [-0.1, -0.05) is 0 Å². The van der Waals surface area contributed by atoms with Gasteiger partial charge in [-0.2, -0.15) is 0 Å². The number of amides is 1. The minimum Gasteiger partial charge on any atom is -0.462 e. The number of rotatable bonds is 0. The van der Waals surface area contributed by atoms with Gasteiger partial charge in [-0.3, -0.25) is 4.79 Å². The van der Waals surface area contributed by atoms with Crippen molar-refractivity contribution in [3.8, 4) is 0 Å². The fourth-order valence-electron chi connectivity index (χ4n) is 1.02. The van der Waals surface area contributed by atoms with Crippen molar-refractivity contribution in [3.05, 3.63) is 0 Å². The zero-order valence-electron chi connectivity index (χ0n) is 6.66. The van der Waals surface area contributed by atoms with Gasteiger partial charge >= 0.3 is 11.9 Å². The van der Waals surface area contributed by atoms with Crippen LogP contribution in [0.2, 0.25) is 0 Å². The van der Waals surface area contributed by atoms with Crippen molar-refractivity contribution in [1.29, 1.82) is 0 Å². The summed E-state index contributed by atoms with van der Waals surface area (Å²) in [6, 6.07) is 0.196. The molecule has 0 radical (unpaired) electrons. The lowest BCUT2D eigenvalue weighted by Crippen LogP contribution is -2.52. The molecule has 1 atom stereocenters. The molecule has 4 nitrogen and oxygen atoms in total. The van der Waals surface area contributed by atoms with Gasteiger partial charge < -0.3 is 9.64 Å². The van der Waals surface area contributed by atoms with Crippen LogP contribution in [0, 0.1) is 0 Å². The van der Waals surface area contributed by atoms with Gasteiger partial charge in [-0.15, -0.1) is 0 Å². The van der Waals surface area contributed by atoms with E-state index in [1.165, 1.54) is 12.0 Å². The quantitative estimate of drug-likeness (QED) is 0.361. The second kappa shape index (κ2) is 2.90. The summed E-state index contributed by atoms with van der Waals surface area (Å²) in [7, 11) is 1.21. The summed E-state index contributed by atoms with van der Waals surface area (Å²) in [6.45, 7) is 2.58. The first-order valence-electron chi connectivity index (χ1n) is 3.55. The monoisotopic (exact) mass is 157 g/mol. The molecule has 0 aliphatic carbocycles. The molecule has 1 aliphatic heterocycles. The van der Waals surface area contributed by atoms with E-state index in [4.69, 9.17) is 0 Å². The Bertz CT molecular complexity index is 190. The van der Waals surface area contributed by atoms with E-state index < -0.39 is 11.9 Å². The average molecular weight is 157 g/mol. The lowest BCUT2D eigenvalue weighted by atomic mass is 10.1. The zero-order valence-corrected chi connectivity index (χ0v) is 6.66. The third-order valence-corrected chi connectivity index (χ3v) is 1.94. The van der Waals surface area contributed by atoms with Crippen LogP contribution in [-0.4, -0.2) is 36.5 Å². The van der Waals surface area contributed by atoms with Crippen molar-refractivity contribution in [2.75, 3.05) is 13.7 Å². The maximum Gasteiger partial charge on any atom is 0.396 e. The van der Waals surface area contributed by atoms with E-state index in [0.717, 1.165) is 6.42 Å². The van der Waals surface area contributed by atoms with Crippen LogP contribution in [-0.2, 0) is 14.3 Å². The highest BCUT2D eigenvalue weighted by Crippen LogP contribution is 2.16. The van der Waals surface area contributed by atoms with Crippen molar-refractivity contribution >= 4 is 11.9 Å². The Morgan fingerprint density at radius 1 is 1.55 bits per heavy atom. The predicted octanol–water partition coefficient (Wildman–Crippen LogP) is -0.220. The van der Waals surface area contributed by atoms with Gasteiger partial charge in [0.2, 0.25) is 0 Å². The van der Waals surface area contributed by atoms with Crippen LogP contribution in [0.15, 0.2) is 0 Å². The van der Waals surface area contributed by atoms with Gasteiger partial charge in [-0.05, 0) is 13.3 Å². The van der Waals surface area contributed by atoms with Crippen molar-refractivity contribution in [1.82, 2.24) is 4.90 Å². The Labute approximate surface area is 65.1 Å². The molecule has 0 aromatic rings. The van der Waals surface area contributed by atoms with E-state index in [0.29, 0.717) is 6.54 Å². The minimum atomic E-state index is -0.767. The molecule has 0 aromatic carbocycles.